The minimum absolute atomic E-state index is 0.314. The molecular formula is C14H20NO4P. The zero-order valence-corrected chi connectivity index (χ0v) is 12.8. The number of hydrogen-bond acceptors (Lipinski definition) is 4. The number of fused-ring (bicyclic) bond motifs is 1. The van der Waals surface area contributed by atoms with Crippen LogP contribution in [0.5, 0.6) is 5.75 Å². The second-order valence-corrected chi connectivity index (χ2v) is 6.05. The third-order valence-corrected chi connectivity index (χ3v) is 2.71. The van der Waals surface area contributed by atoms with Crippen LogP contribution in [0.1, 0.15) is 26.7 Å². The standard InChI is InChI=1S/C10H10NO4P.C4H10/c1-16(12,13)15-14-9-6-2-4-8-5-3-7-11-10(8)9;1-3-4-2/h2-7H,1H3,(H,12,13);3-4H2,1-2H3. The van der Waals surface area contributed by atoms with Crippen LogP contribution >= 0.6 is 7.60 Å². The molecule has 1 unspecified atom stereocenters. The van der Waals surface area contributed by atoms with Gasteiger partial charge in [0.15, 0.2) is 5.75 Å². The molecule has 2 rings (SSSR count). The van der Waals surface area contributed by atoms with E-state index in [2.05, 4.69) is 23.5 Å². The van der Waals surface area contributed by atoms with Gasteiger partial charge in [-0.3, -0.25) is 9.55 Å². The summed E-state index contributed by atoms with van der Waals surface area (Å²) in [5, 5.41) is 0.868. The molecule has 1 aromatic heterocycles. The second-order valence-electron chi connectivity index (χ2n) is 4.29. The lowest BCUT2D eigenvalue weighted by Crippen LogP contribution is -1.95. The predicted molar refractivity (Wildman–Crippen MR) is 79.8 cm³/mol. The summed E-state index contributed by atoms with van der Waals surface area (Å²) in [6, 6.07) is 8.88. The Balaban J connectivity index is 0.000000444. The number of nitrogens with zero attached hydrogens (tertiary/aromatic N) is 1. The largest absolute Gasteiger partial charge is 0.363 e. The molecule has 0 aliphatic heterocycles. The molecule has 0 amide bonds. The summed E-state index contributed by atoms with van der Waals surface area (Å²) in [7, 11) is -3.66. The maximum atomic E-state index is 10.9. The Hall–Kier alpha value is -1.42. The smallest absolute Gasteiger partial charge is 0.327 e. The van der Waals surface area contributed by atoms with Crippen molar-refractivity contribution in [3.05, 3.63) is 36.5 Å². The number of unbranched alkanes of at least 4 members (excludes halogenated alkanes) is 1. The fourth-order valence-electron chi connectivity index (χ4n) is 1.25. The SMILES string of the molecule is CCCC.CP(=O)(O)OOc1cccc2cccnc12. The van der Waals surface area contributed by atoms with Crippen LogP contribution in [-0.2, 0) is 9.24 Å². The molecule has 0 bridgehead atoms. The Kier molecular flexibility index (Phi) is 6.65. The molecule has 0 aliphatic rings. The van der Waals surface area contributed by atoms with E-state index in [1.807, 2.05) is 12.1 Å². The monoisotopic (exact) mass is 297 g/mol. The second kappa shape index (κ2) is 8.00. The van der Waals surface area contributed by atoms with E-state index in [0.717, 1.165) is 12.1 Å². The van der Waals surface area contributed by atoms with Crippen LogP contribution in [0.3, 0.4) is 0 Å². The van der Waals surface area contributed by atoms with Crippen LogP contribution in [0.4, 0.5) is 0 Å². The number of hydrogen-bond donors (Lipinski definition) is 1. The van der Waals surface area contributed by atoms with Crippen molar-refractivity contribution in [1.29, 1.82) is 0 Å². The van der Waals surface area contributed by atoms with Crippen molar-refractivity contribution >= 4 is 18.5 Å². The molecule has 0 spiro atoms. The Morgan fingerprint density at radius 1 is 1.20 bits per heavy atom. The van der Waals surface area contributed by atoms with Gasteiger partial charge in [-0.1, -0.05) is 44.9 Å². The van der Waals surface area contributed by atoms with Gasteiger partial charge in [0.05, 0.1) is 0 Å². The van der Waals surface area contributed by atoms with E-state index in [4.69, 9.17) is 9.78 Å². The maximum absolute atomic E-state index is 10.9. The van der Waals surface area contributed by atoms with Gasteiger partial charge in [0.2, 0.25) is 0 Å². The van der Waals surface area contributed by atoms with Gasteiger partial charge in [-0.05, 0) is 12.1 Å². The van der Waals surface area contributed by atoms with Gasteiger partial charge >= 0.3 is 7.60 Å². The average Bonchev–Trinajstić information content (AvgIpc) is 2.44. The maximum Gasteiger partial charge on any atom is 0.363 e. The van der Waals surface area contributed by atoms with E-state index in [1.165, 1.54) is 12.8 Å². The highest BCUT2D eigenvalue weighted by Gasteiger charge is 2.13. The van der Waals surface area contributed by atoms with E-state index >= 15 is 0 Å². The molecule has 0 fully saturated rings. The lowest BCUT2D eigenvalue weighted by atomic mass is 10.2. The van der Waals surface area contributed by atoms with Crippen LogP contribution in [0, 0.1) is 0 Å². The predicted octanol–water partition coefficient (Wildman–Crippen LogP) is 4.17. The van der Waals surface area contributed by atoms with Crippen molar-refractivity contribution in [2.24, 2.45) is 0 Å². The summed E-state index contributed by atoms with van der Waals surface area (Å²) < 4.78 is 15.3. The molecule has 0 radical (unpaired) electrons. The third-order valence-electron chi connectivity index (χ3n) is 2.36. The van der Waals surface area contributed by atoms with Crippen molar-refractivity contribution in [2.45, 2.75) is 26.7 Å². The van der Waals surface area contributed by atoms with Gasteiger partial charge < -0.3 is 9.78 Å². The first-order valence-electron chi connectivity index (χ1n) is 6.48. The summed E-state index contributed by atoms with van der Waals surface area (Å²) in [6.07, 6.45) is 4.25. The molecule has 20 heavy (non-hydrogen) atoms. The summed E-state index contributed by atoms with van der Waals surface area (Å²) in [5.41, 5.74) is 0.582. The molecule has 110 valence electrons. The Bertz CT molecular complexity index is 575. The van der Waals surface area contributed by atoms with E-state index in [0.29, 0.717) is 11.3 Å². The molecule has 0 aliphatic carbocycles. The quantitative estimate of drug-likeness (QED) is 0.521. The summed E-state index contributed by atoms with van der Waals surface area (Å²) in [6.45, 7) is 5.41. The Morgan fingerprint density at radius 2 is 1.85 bits per heavy atom. The molecule has 1 aromatic carbocycles. The van der Waals surface area contributed by atoms with Gasteiger partial charge in [-0.15, -0.1) is 4.67 Å². The summed E-state index contributed by atoms with van der Waals surface area (Å²) in [5.74, 6) is 0.314. The van der Waals surface area contributed by atoms with Crippen LogP contribution in [0.15, 0.2) is 36.5 Å². The molecule has 1 N–H and O–H groups in total. The van der Waals surface area contributed by atoms with E-state index in [-0.39, 0.29) is 0 Å². The highest BCUT2D eigenvalue weighted by atomic mass is 31.2. The molecular weight excluding hydrogens is 277 g/mol. The first kappa shape index (κ1) is 16.6. The van der Waals surface area contributed by atoms with Crippen molar-refractivity contribution in [3.8, 4) is 5.75 Å². The molecule has 2 aromatic rings. The molecule has 1 atom stereocenters. The lowest BCUT2D eigenvalue weighted by Gasteiger charge is -2.08. The fourth-order valence-corrected chi connectivity index (χ4v) is 1.47. The van der Waals surface area contributed by atoms with Crippen molar-refractivity contribution < 1.29 is 19.0 Å². The Labute approximate surface area is 119 Å². The third kappa shape index (κ3) is 5.70. The molecule has 6 heteroatoms. The van der Waals surface area contributed by atoms with Gasteiger partial charge in [-0.25, -0.2) is 0 Å². The normalized spacial score (nSPS) is 13.2. The minimum Gasteiger partial charge on any atom is -0.327 e. The van der Waals surface area contributed by atoms with Crippen LogP contribution in [0.2, 0.25) is 0 Å². The average molecular weight is 297 g/mol. The minimum atomic E-state index is -3.66. The molecule has 0 saturated carbocycles. The molecule has 0 saturated heterocycles. The van der Waals surface area contributed by atoms with E-state index < -0.39 is 7.60 Å². The van der Waals surface area contributed by atoms with Gasteiger partial charge in [0.1, 0.15) is 5.52 Å². The molecule has 5 nitrogen and oxygen atoms in total. The van der Waals surface area contributed by atoms with Gasteiger partial charge in [0, 0.05) is 18.2 Å². The zero-order chi connectivity index (χ0) is 15.0. The highest BCUT2D eigenvalue weighted by Crippen LogP contribution is 2.38. The topological polar surface area (TPSA) is 68.7 Å². The first-order chi connectivity index (χ1) is 9.48. The number of rotatable bonds is 4. The van der Waals surface area contributed by atoms with Crippen LogP contribution in [-0.4, -0.2) is 16.5 Å². The van der Waals surface area contributed by atoms with Crippen molar-refractivity contribution in [1.82, 2.24) is 4.98 Å². The van der Waals surface area contributed by atoms with Crippen LogP contribution in [0.25, 0.3) is 10.9 Å². The van der Waals surface area contributed by atoms with Crippen molar-refractivity contribution in [2.75, 3.05) is 6.66 Å². The van der Waals surface area contributed by atoms with Gasteiger partial charge in [0.25, 0.3) is 0 Å². The first-order valence-corrected chi connectivity index (χ1v) is 8.50. The lowest BCUT2D eigenvalue weighted by molar-refractivity contribution is -0.106. The highest BCUT2D eigenvalue weighted by molar-refractivity contribution is 7.51. The number of para-hydroxylation sites is 1. The number of aromatic nitrogens is 1. The number of benzene rings is 1. The Morgan fingerprint density at radius 3 is 2.45 bits per heavy atom. The zero-order valence-electron chi connectivity index (χ0n) is 11.9. The summed E-state index contributed by atoms with van der Waals surface area (Å²) in [4.78, 5) is 17.9. The van der Waals surface area contributed by atoms with Gasteiger partial charge in [-0.2, -0.15) is 0 Å². The van der Waals surface area contributed by atoms with E-state index in [9.17, 15) is 4.57 Å². The van der Waals surface area contributed by atoms with Crippen LogP contribution < -0.4 is 4.89 Å². The fraction of sp³-hybridized carbons (Fsp3) is 0.357. The summed E-state index contributed by atoms with van der Waals surface area (Å²) >= 11 is 0. The van der Waals surface area contributed by atoms with E-state index in [1.54, 1.807) is 24.4 Å². The van der Waals surface area contributed by atoms with Crippen molar-refractivity contribution in [3.63, 3.8) is 0 Å². The number of pyridine rings is 1. The molecule has 1 heterocycles.